The number of carbonyl (C=O) groups excluding carboxylic acids is 3. The van der Waals surface area contributed by atoms with Gasteiger partial charge in [0.15, 0.2) is 6.61 Å². The van der Waals surface area contributed by atoms with Gasteiger partial charge in [-0.3, -0.25) is 9.59 Å². The number of amides is 2. The molecule has 1 atom stereocenters. The quantitative estimate of drug-likeness (QED) is 0.690. The summed E-state index contributed by atoms with van der Waals surface area (Å²) in [5.41, 5.74) is 0.603. The van der Waals surface area contributed by atoms with Crippen molar-refractivity contribution < 1.29 is 23.5 Å². The molecule has 0 aliphatic rings. The van der Waals surface area contributed by atoms with E-state index in [9.17, 15) is 18.8 Å². The van der Waals surface area contributed by atoms with Gasteiger partial charge in [-0.1, -0.05) is 37.6 Å². The van der Waals surface area contributed by atoms with E-state index in [1.54, 1.807) is 32.0 Å². The van der Waals surface area contributed by atoms with Crippen molar-refractivity contribution in [2.45, 2.75) is 19.9 Å². The molecule has 0 heterocycles. The number of hydrogen-bond donors (Lipinski definition) is 2. The highest BCUT2D eigenvalue weighted by molar-refractivity contribution is 6.33. The van der Waals surface area contributed by atoms with Crippen LogP contribution in [0.15, 0.2) is 48.5 Å². The van der Waals surface area contributed by atoms with Crippen molar-refractivity contribution in [3.8, 4) is 0 Å². The summed E-state index contributed by atoms with van der Waals surface area (Å²) in [5, 5.41) is 5.32. The first-order valence-corrected chi connectivity index (χ1v) is 8.93. The van der Waals surface area contributed by atoms with Gasteiger partial charge in [0.25, 0.3) is 11.8 Å². The molecule has 0 spiro atoms. The fourth-order valence-corrected chi connectivity index (χ4v) is 2.54. The first-order chi connectivity index (χ1) is 13.3. The first-order valence-electron chi connectivity index (χ1n) is 8.55. The molecule has 2 amide bonds. The molecule has 8 heteroatoms. The van der Waals surface area contributed by atoms with Crippen LogP contribution in [0, 0.1) is 11.7 Å². The maximum absolute atomic E-state index is 12.9. The molecular weight excluding hydrogens is 387 g/mol. The summed E-state index contributed by atoms with van der Waals surface area (Å²) >= 11 is 6.00. The van der Waals surface area contributed by atoms with Gasteiger partial charge in [-0.05, 0) is 42.3 Å². The molecule has 0 saturated carbocycles. The third kappa shape index (κ3) is 6.06. The van der Waals surface area contributed by atoms with E-state index < -0.39 is 36.2 Å². The van der Waals surface area contributed by atoms with Crippen LogP contribution in [0.4, 0.5) is 10.1 Å². The zero-order valence-electron chi connectivity index (χ0n) is 15.4. The molecule has 0 saturated heterocycles. The van der Waals surface area contributed by atoms with Crippen molar-refractivity contribution >= 4 is 35.1 Å². The number of esters is 1. The van der Waals surface area contributed by atoms with Crippen molar-refractivity contribution in [3.05, 3.63) is 64.9 Å². The molecule has 0 aromatic heterocycles. The normalized spacial score (nSPS) is 11.6. The Bertz CT molecular complexity index is 856. The number of halogens is 2. The van der Waals surface area contributed by atoms with E-state index in [4.69, 9.17) is 16.3 Å². The molecule has 6 nitrogen and oxygen atoms in total. The Kier molecular flexibility index (Phi) is 7.52. The molecule has 0 unspecified atom stereocenters. The minimum absolute atomic E-state index is 0.233. The van der Waals surface area contributed by atoms with Crippen LogP contribution >= 0.6 is 11.6 Å². The van der Waals surface area contributed by atoms with Crippen LogP contribution in [-0.4, -0.2) is 30.4 Å². The number of nitrogens with one attached hydrogen (secondary N) is 2. The summed E-state index contributed by atoms with van der Waals surface area (Å²) in [6, 6.07) is 10.7. The zero-order valence-corrected chi connectivity index (χ0v) is 16.1. The molecule has 2 aromatic carbocycles. The fraction of sp³-hybridized carbons (Fsp3) is 0.250. The number of carbonyl (C=O) groups is 3. The predicted molar refractivity (Wildman–Crippen MR) is 104 cm³/mol. The van der Waals surface area contributed by atoms with E-state index in [-0.39, 0.29) is 16.5 Å². The molecular formula is C20H20ClFN2O4. The Hall–Kier alpha value is -2.93. The van der Waals surface area contributed by atoms with Crippen LogP contribution in [0.25, 0.3) is 0 Å². The number of anilines is 1. The highest BCUT2D eigenvalue weighted by atomic mass is 35.5. The number of ether oxygens (including phenoxy) is 1. The summed E-state index contributed by atoms with van der Waals surface area (Å²) in [6.45, 7) is 2.93. The maximum Gasteiger partial charge on any atom is 0.329 e. The van der Waals surface area contributed by atoms with Gasteiger partial charge in [-0.15, -0.1) is 0 Å². The molecule has 148 valence electrons. The van der Waals surface area contributed by atoms with Crippen LogP contribution in [-0.2, 0) is 14.3 Å². The lowest BCUT2D eigenvalue weighted by molar-refractivity contribution is -0.150. The van der Waals surface area contributed by atoms with Gasteiger partial charge < -0.3 is 15.4 Å². The van der Waals surface area contributed by atoms with E-state index in [1.807, 2.05) is 0 Å². The van der Waals surface area contributed by atoms with Gasteiger partial charge in [0.2, 0.25) is 0 Å². The van der Waals surface area contributed by atoms with Crippen LogP contribution < -0.4 is 10.6 Å². The van der Waals surface area contributed by atoms with E-state index in [0.717, 1.165) is 0 Å². The van der Waals surface area contributed by atoms with Crippen molar-refractivity contribution in [1.82, 2.24) is 5.32 Å². The summed E-state index contributed by atoms with van der Waals surface area (Å²) in [4.78, 5) is 36.6. The second kappa shape index (κ2) is 9.85. The molecule has 2 N–H and O–H groups in total. The van der Waals surface area contributed by atoms with E-state index >= 15 is 0 Å². The highest BCUT2D eigenvalue weighted by Crippen LogP contribution is 2.16. The van der Waals surface area contributed by atoms with Crippen LogP contribution in [0.2, 0.25) is 5.02 Å². The van der Waals surface area contributed by atoms with Crippen molar-refractivity contribution in [2.75, 3.05) is 11.9 Å². The van der Waals surface area contributed by atoms with E-state index in [0.29, 0.717) is 5.69 Å². The topological polar surface area (TPSA) is 84.5 Å². The molecule has 0 fully saturated rings. The van der Waals surface area contributed by atoms with Gasteiger partial charge >= 0.3 is 5.97 Å². The minimum Gasteiger partial charge on any atom is -0.454 e. The SMILES string of the molecule is CC(C)[C@H](NC(=O)c1ccccc1Cl)C(=O)OCC(=O)Nc1ccc(F)cc1. The summed E-state index contributed by atoms with van der Waals surface area (Å²) in [7, 11) is 0. The zero-order chi connectivity index (χ0) is 20.7. The van der Waals surface area contributed by atoms with Gasteiger partial charge in [-0.2, -0.15) is 0 Å². The average Bonchev–Trinajstić information content (AvgIpc) is 2.66. The fourth-order valence-electron chi connectivity index (χ4n) is 2.32. The third-order valence-electron chi connectivity index (χ3n) is 3.80. The summed E-state index contributed by atoms with van der Waals surface area (Å²) in [5.74, 6) is -2.56. The maximum atomic E-state index is 12.9. The largest absolute Gasteiger partial charge is 0.454 e. The predicted octanol–water partition coefficient (Wildman–Crippen LogP) is 3.42. The number of benzene rings is 2. The second-order valence-electron chi connectivity index (χ2n) is 6.34. The molecule has 0 aliphatic carbocycles. The molecule has 0 aliphatic heterocycles. The van der Waals surface area contributed by atoms with Crippen molar-refractivity contribution in [3.63, 3.8) is 0 Å². The molecule has 0 bridgehead atoms. The highest BCUT2D eigenvalue weighted by Gasteiger charge is 2.27. The van der Waals surface area contributed by atoms with Gasteiger partial charge in [0, 0.05) is 5.69 Å². The molecule has 2 rings (SSSR count). The second-order valence-corrected chi connectivity index (χ2v) is 6.74. The smallest absolute Gasteiger partial charge is 0.329 e. The standard InChI is InChI=1S/C20H20ClFN2O4/c1-12(2)18(24-19(26)15-5-3-4-6-16(15)21)20(27)28-11-17(25)23-14-9-7-13(22)8-10-14/h3-10,12,18H,11H2,1-2H3,(H,23,25)(H,24,26)/t18-/m0/s1. The summed E-state index contributed by atoms with van der Waals surface area (Å²) in [6.07, 6.45) is 0. The van der Waals surface area contributed by atoms with Gasteiger partial charge in [0.05, 0.1) is 10.6 Å². The lowest BCUT2D eigenvalue weighted by atomic mass is 10.0. The van der Waals surface area contributed by atoms with Crippen LogP contribution in [0.3, 0.4) is 0 Å². The average molecular weight is 407 g/mol. The monoisotopic (exact) mass is 406 g/mol. The molecule has 0 radical (unpaired) electrons. The van der Waals surface area contributed by atoms with Crippen molar-refractivity contribution in [1.29, 1.82) is 0 Å². The van der Waals surface area contributed by atoms with Crippen LogP contribution in [0.5, 0.6) is 0 Å². The lowest BCUT2D eigenvalue weighted by Crippen LogP contribution is -2.46. The summed E-state index contributed by atoms with van der Waals surface area (Å²) < 4.78 is 17.9. The van der Waals surface area contributed by atoms with E-state index in [1.165, 1.54) is 30.3 Å². The Morgan fingerprint density at radius 3 is 2.32 bits per heavy atom. The lowest BCUT2D eigenvalue weighted by Gasteiger charge is -2.21. The third-order valence-corrected chi connectivity index (χ3v) is 4.13. The van der Waals surface area contributed by atoms with E-state index in [2.05, 4.69) is 10.6 Å². The van der Waals surface area contributed by atoms with Gasteiger partial charge in [-0.25, -0.2) is 9.18 Å². The Morgan fingerprint density at radius 1 is 1.07 bits per heavy atom. The van der Waals surface area contributed by atoms with Crippen molar-refractivity contribution in [2.24, 2.45) is 5.92 Å². The van der Waals surface area contributed by atoms with Gasteiger partial charge in [0.1, 0.15) is 11.9 Å². The van der Waals surface area contributed by atoms with Crippen LogP contribution in [0.1, 0.15) is 24.2 Å². The minimum atomic E-state index is -0.956. The Labute approximate surface area is 167 Å². The molecule has 28 heavy (non-hydrogen) atoms. The number of hydrogen-bond acceptors (Lipinski definition) is 4. The Morgan fingerprint density at radius 2 is 1.71 bits per heavy atom. The first kappa shape index (κ1) is 21.4. The molecule has 2 aromatic rings. The number of rotatable bonds is 7. The Balaban J connectivity index is 1.93.